The van der Waals surface area contributed by atoms with Crippen molar-refractivity contribution in [2.45, 2.75) is 39.2 Å². The quantitative estimate of drug-likeness (QED) is 0.732. The van der Waals surface area contributed by atoms with Crippen LogP contribution in [0.5, 0.6) is 5.75 Å². The first-order chi connectivity index (χ1) is 11.2. The van der Waals surface area contributed by atoms with Gasteiger partial charge < -0.3 is 19.5 Å². The van der Waals surface area contributed by atoms with Gasteiger partial charge in [-0.15, -0.1) is 0 Å². The van der Waals surface area contributed by atoms with Crippen molar-refractivity contribution in [3.63, 3.8) is 0 Å². The number of rotatable bonds is 8. The predicted octanol–water partition coefficient (Wildman–Crippen LogP) is 1.24. The number of hydrogen-bond acceptors (Lipinski definition) is 4. The molecular formula is C17H27N3O3. The third-order valence-electron chi connectivity index (χ3n) is 4.03. The van der Waals surface area contributed by atoms with Gasteiger partial charge >= 0.3 is 0 Å². The lowest BCUT2D eigenvalue weighted by Gasteiger charge is -2.27. The van der Waals surface area contributed by atoms with E-state index in [0.29, 0.717) is 25.3 Å². The number of piperazine rings is 1. The molecule has 0 aliphatic carbocycles. The van der Waals surface area contributed by atoms with Crippen molar-refractivity contribution < 1.29 is 9.53 Å². The zero-order valence-corrected chi connectivity index (χ0v) is 13.9. The van der Waals surface area contributed by atoms with Crippen LogP contribution in [-0.2, 0) is 11.3 Å². The minimum absolute atomic E-state index is 0.104. The Morgan fingerprint density at radius 2 is 2.09 bits per heavy atom. The molecule has 6 heteroatoms. The van der Waals surface area contributed by atoms with Crippen LogP contribution in [0.25, 0.3) is 0 Å². The zero-order chi connectivity index (χ0) is 16.5. The summed E-state index contributed by atoms with van der Waals surface area (Å²) in [4.78, 5) is 26.3. The van der Waals surface area contributed by atoms with Crippen LogP contribution in [0, 0.1) is 0 Å². The Hall–Kier alpha value is -1.82. The number of ether oxygens (including phenoxy) is 1. The lowest BCUT2D eigenvalue weighted by atomic mass is 10.3. The first-order valence-electron chi connectivity index (χ1n) is 8.53. The third kappa shape index (κ3) is 5.39. The normalized spacial score (nSPS) is 14.7. The van der Waals surface area contributed by atoms with E-state index in [1.807, 2.05) is 4.90 Å². The van der Waals surface area contributed by atoms with E-state index in [4.69, 9.17) is 4.74 Å². The Morgan fingerprint density at radius 1 is 1.30 bits per heavy atom. The number of aryl methyl sites for hydroxylation is 1. The van der Waals surface area contributed by atoms with E-state index in [9.17, 15) is 9.59 Å². The minimum Gasteiger partial charge on any atom is -0.488 e. The maximum absolute atomic E-state index is 12.3. The van der Waals surface area contributed by atoms with Crippen molar-refractivity contribution in [1.29, 1.82) is 0 Å². The molecule has 6 nitrogen and oxygen atoms in total. The molecule has 2 rings (SSSR count). The number of nitrogens with zero attached hydrogens (tertiary/aromatic N) is 2. The Morgan fingerprint density at radius 3 is 2.83 bits per heavy atom. The number of nitrogens with one attached hydrogen (secondary N) is 1. The Kier molecular flexibility index (Phi) is 7.13. The smallest absolute Gasteiger partial charge is 0.292 e. The number of amides is 1. The highest BCUT2D eigenvalue weighted by Gasteiger charge is 2.16. The number of pyridine rings is 1. The molecule has 1 aromatic heterocycles. The van der Waals surface area contributed by atoms with E-state index >= 15 is 0 Å². The van der Waals surface area contributed by atoms with Gasteiger partial charge in [0.2, 0.25) is 5.91 Å². The van der Waals surface area contributed by atoms with E-state index in [1.54, 1.807) is 22.9 Å². The monoisotopic (exact) mass is 321 g/mol. The van der Waals surface area contributed by atoms with Gasteiger partial charge in [0.05, 0.1) is 6.61 Å². The summed E-state index contributed by atoms with van der Waals surface area (Å²) in [6.45, 7) is 6.26. The lowest BCUT2D eigenvalue weighted by Crippen LogP contribution is -2.46. The number of carbonyl (C=O) groups excluding carboxylic acids is 1. The van der Waals surface area contributed by atoms with Crippen LogP contribution in [-0.4, -0.2) is 48.2 Å². The van der Waals surface area contributed by atoms with Gasteiger partial charge in [0.25, 0.3) is 5.56 Å². The second kappa shape index (κ2) is 9.35. The average molecular weight is 321 g/mol. The van der Waals surface area contributed by atoms with E-state index in [-0.39, 0.29) is 11.5 Å². The first-order valence-corrected chi connectivity index (χ1v) is 8.53. The molecule has 1 aliphatic rings. The summed E-state index contributed by atoms with van der Waals surface area (Å²) in [6, 6.07) is 3.49. The van der Waals surface area contributed by atoms with E-state index in [2.05, 4.69) is 12.2 Å². The third-order valence-corrected chi connectivity index (χ3v) is 4.03. The highest BCUT2D eigenvalue weighted by molar-refractivity contribution is 5.76. The molecule has 0 saturated carbocycles. The Bertz CT molecular complexity index is 550. The summed E-state index contributed by atoms with van der Waals surface area (Å²) < 4.78 is 7.13. The molecule has 0 spiro atoms. The molecular weight excluding hydrogens is 294 g/mol. The molecule has 2 heterocycles. The van der Waals surface area contributed by atoms with Crippen LogP contribution in [0.2, 0.25) is 0 Å². The summed E-state index contributed by atoms with van der Waals surface area (Å²) in [6.07, 6.45) is 5.23. The number of carbonyl (C=O) groups is 1. The van der Waals surface area contributed by atoms with Crippen LogP contribution in [0.1, 0.15) is 32.6 Å². The molecule has 1 aliphatic heterocycles. The molecule has 1 N–H and O–H groups in total. The van der Waals surface area contributed by atoms with Crippen LogP contribution in [0.3, 0.4) is 0 Å². The molecule has 0 aromatic carbocycles. The van der Waals surface area contributed by atoms with Crippen molar-refractivity contribution in [3.05, 3.63) is 28.7 Å². The molecule has 0 unspecified atom stereocenters. The maximum Gasteiger partial charge on any atom is 0.292 e. The highest BCUT2D eigenvalue weighted by atomic mass is 16.5. The fraction of sp³-hybridized carbons (Fsp3) is 0.647. The second-order valence-corrected chi connectivity index (χ2v) is 5.81. The van der Waals surface area contributed by atoms with Crippen molar-refractivity contribution in [1.82, 2.24) is 14.8 Å². The molecule has 1 amide bonds. The van der Waals surface area contributed by atoms with Crippen LogP contribution in [0.4, 0.5) is 0 Å². The number of aromatic nitrogens is 1. The first kappa shape index (κ1) is 17.5. The maximum atomic E-state index is 12.3. The molecule has 1 fully saturated rings. The van der Waals surface area contributed by atoms with Gasteiger partial charge in [-0.05, 0) is 18.6 Å². The summed E-state index contributed by atoms with van der Waals surface area (Å²) in [5.41, 5.74) is -0.155. The van der Waals surface area contributed by atoms with Gasteiger partial charge in [-0.1, -0.05) is 19.8 Å². The van der Waals surface area contributed by atoms with Crippen molar-refractivity contribution >= 4 is 5.91 Å². The molecule has 0 atom stereocenters. The molecule has 0 radical (unpaired) electrons. The van der Waals surface area contributed by atoms with Crippen LogP contribution >= 0.6 is 0 Å². The topological polar surface area (TPSA) is 63.6 Å². The number of hydrogen-bond donors (Lipinski definition) is 1. The lowest BCUT2D eigenvalue weighted by molar-refractivity contribution is -0.132. The van der Waals surface area contributed by atoms with Gasteiger partial charge in [0, 0.05) is 45.3 Å². The minimum atomic E-state index is -0.155. The fourth-order valence-corrected chi connectivity index (χ4v) is 2.62. The van der Waals surface area contributed by atoms with Gasteiger partial charge in [-0.3, -0.25) is 9.59 Å². The summed E-state index contributed by atoms with van der Waals surface area (Å²) in [5.74, 6) is 0.478. The SMILES string of the molecule is CCCCCOc1cccn(CCC(=O)N2CCNCC2)c1=O. The Balaban J connectivity index is 1.87. The summed E-state index contributed by atoms with van der Waals surface area (Å²) >= 11 is 0. The van der Waals surface area contributed by atoms with E-state index in [1.165, 1.54) is 0 Å². The van der Waals surface area contributed by atoms with Gasteiger partial charge in [-0.2, -0.15) is 0 Å². The molecule has 1 aromatic rings. The fourth-order valence-electron chi connectivity index (χ4n) is 2.62. The van der Waals surface area contributed by atoms with Crippen molar-refractivity contribution in [2.75, 3.05) is 32.8 Å². The molecule has 1 saturated heterocycles. The average Bonchev–Trinajstić information content (AvgIpc) is 2.59. The van der Waals surface area contributed by atoms with E-state index in [0.717, 1.165) is 45.4 Å². The zero-order valence-electron chi connectivity index (χ0n) is 13.9. The molecule has 128 valence electrons. The number of unbranched alkanes of at least 4 members (excludes halogenated alkanes) is 2. The summed E-state index contributed by atoms with van der Waals surface area (Å²) in [5, 5.41) is 3.22. The van der Waals surface area contributed by atoms with Gasteiger partial charge in [-0.25, -0.2) is 0 Å². The van der Waals surface area contributed by atoms with E-state index < -0.39 is 0 Å². The summed E-state index contributed by atoms with van der Waals surface area (Å²) in [7, 11) is 0. The van der Waals surface area contributed by atoms with Gasteiger partial charge in [0.15, 0.2) is 5.75 Å². The largest absolute Gasteiger partial charge is 0.488 e. The van der Waals surface area contributed by atoms with Crippen LogP contribution in [0.15, 0.2) is 23.1 Å². The standard InChI is InChI=1S/C17H27N3O3/c1-2-3-4-14-23-15-6-5-10-20(17(15)22)11-7-16(21)19-12-8-18-9-13-19/h5-6,10,18H,2-4,7-9,11-14H2,1H3. The van der Waals surface area contributed by atoms with Crippen LogP contribution < -0.4 is 15.6 Å². The second-order valence-electron chi connectivity index (χ2n) is 5.81. The molecule has 23 heavy (non-hydrogen) atoms. The molecule has 0 bridgehead atoms. The van der Waals surface area contributed by atoms with Crippen molar-refractivity contribution in [2.24, 2.45) is 0 Å². The predicted molar refractivity (Wildman–Crippen MR) is 89.8 cm³/mol. The van der Waals surface area contributed by atoms with Gasteiger partial charge in [0.1, 0.15) is 0 Å². The highest BCUT2D eigenvalue weighted by Crippen LogP contribution is 2.05. The van der Waals surface area contributed by atoms with Crippen molar-refractivity contribution in [3.8, 4) is 5.75 Å². The Labute approximate surface area is 137 Å².